The lowest BCUT2D eigenvalue weighted by molar-refractivity contribution is 0.161. The highest BCUT2D eigenvalue weighted by atomic mass is 16.7. The summed E-state index contributed by atoms with van der Waals surface area (Å²) >= 11 is 0. The van der Waals surface area contributed by atoms with E-state index >= 15 is 0 Å². The Morgan fingerprint density at radius 2 is 2.17 bits per heavy atom. The third-order valence-electron chi connectivity index (χ3n) is 1.72. The van der Waals surface area contributed by atoms with E-state index in [1.54, 1.807) is 0 Å². The fraction of sp³-hybridized carbons (Fsp3) is 0.250. The number of ether oxygens (including phenoxy) is 2. The first-order valence-electron chi connectivity index (χ1n) is 3.65. The molecule has 1 aliphatic rings. The Labute approximate surface area is 69.7 Å². The second kappa shape index (κ2) is 3.00. The number of fused-ring (bicyclic) bond motifs is 1. The summed E-state index contributed by atoms with van der Waals surface area (Å²) in [7, 11) is 0. The van der Waals surface area contributed by atoms with Gasteiger partial charge >= 0.3 is 0 Å². The van der Waals surface area contributed by atoms with Crippen LogP contribution in [0.25, 0.3) is 0 Å². The van der Waals surface area contributed by atoms with Gasteiger partial charge in [-0.2, -0.15) is 0 Å². The van der Waals surface area contributed by atoms with Gasteiger partial charge in [0.15, 0.2) is 11.5 Å². The SMILES string of the molecule is ONCc1ccc2c(c1)OCO2. The first kappa shape index (κ1) is 7.39. The second-order valence-corrected chi connectivity index (χ2v) is 2.52. The quantitative estimate of drug-likeness (QED) is 0.642. The highest BCUT2D eigenvalue weighted by Gasteiger charge is 2.12. The Morgan fingerprint density at radius 1 is 1.33 bits per heavy atom. The van der Waals surface area contributed by atoms with Gasteiger partial charge in [-0.1, -0.05) is 6.07 Å². The fourth-order valence-corrected chi connectivity index (χ4v) is 1.14. The van der Waals surface area contributed by atoms with Crippen LogP contribution in [0.15, 0.2) is 18.2 Å². The third kappa shape index (κ3) is 1.22. The summed E-state index contributed by atoms with van der Waals surface area (Å²) in [4.78, 5) is 0. The van der Waals surface area contributed by atoms with Gasteiger partial charge in [0, 0.05) is 6.54 Å². The molecule has 0 saturated carbocycles. The van der Waals surface area contributed by atoms with Crippen molar-refractivity contribution in [1.29, 1.82) is 0 Å². The predicted molar refractivity (Wildman–Crippen MR) is 41.2 cm³/mol. The van der Waals surface area contributed by atoms with Gasteiger partial charge in [-0.3, -0.25) is 0 Å². The topological polar surface area (TPSA) is 50.7 Å². The molecule has 0 bridgehead atoms. The summed E-state index contributed by atoms with van der Waals surface area (Å²) < 4.78 is 10.3. The zero-order valence-electron chi connectivity index (χ0n) is 6.41. The smallest absolute Gasteiger partial charge is 0.231 e. The third-order valence-corrected chi connectivity index (χ3v) is 1.72. The van der Waals surface area contributed by atoms with Crippen LogP contribution in [0.5, 0.6) is 11.5 Å². The molecule has 0 aromatic heterocycles. The van der Waals surface area contributed by atoms with Crippen molar-refractivity contribution >= 4 is 0 Å². The van der Waals surface area contributed by atoms with Gasteiger partial charge in [0.05, 0.1) is 0 Å². The van der Waals surface area contributed by atoms with Crippen molar-refractivity contribution in [3.8, 4) is 11.5 Å². The van der Waals surface area contributed by atoms with E-state index in [0.29, 0.717) is 6.54 Å². The molecule has 4 heteroatoms. The van der Waals surface area contributed by atoms with Gasteiger partial charge in [0.25, 0.3) is 0 Å². The molecule has 2 N–H and O–H groups in total. The Hall–Kier alpha value is -1.26. The molecule has 0 spiro atoms. The predicted octanol–water partition coefficient (Wildman–Crippen LogP) is 0.894. The van der Waals surface area contributed by atoms with Crippen molar-refractivity contribution < 1.29 is 14.7 Å². The van der Waals surface area contributed by atoms with E-state index in [-0.39, 0.29) is 6.79 Å². The van der Waals surface area contributed by atoms with Crippen molar-refractivity contribution in [1.82, 2.24) is 5.48 Å². The molecule has 0 amide bonds. The van der Waals surface area contributed by atoms with Crippen LogP contribution in [0, 0.1) is 0 Å². The van der Waals surface area contributed by atoms with Crippen molar-refractivity contribution in [2.24, 2.45) is 0 Å². The fourth-order valence-electron chi connectivity index (χ4n) is 1.14. The molecule has 64 valence electrons. The van der Waals surface area contributed by atoms with Crippen LogP contribution in [0.4, 0.5) is 0 Å². The van der Waals surface area contributed by atoms with E-state index in [2.05, 4.69) is 5.48 Å². The maximum atomic E-state index is 8.45. The molecule has 0 unspecified atom stereocenters. The Balaban J connectivity index is 2.26. The van der Waals surface area contributed by atoms with Gasteiger partial charge in [0.2, 0.25) is 6.79 Å². The van der Waals surface area contributed by atoms with Crippen LogP contribution in [0.1, 0.15) is 5.56 Å². The lowest BCUT2D eigenvalue weighted by atomic mass is 10.2. The summed E-state index contributed by atoms with van der Waals surface area (Å²) in [6.45, 7) is 0.696. The van der Waals surface area contributed by atoms with Gasteiger partial charge in [-0.15, -0.1) is 0 Å². The van der Waals surface area contributed by atoms with Crippen LogP contribution in [0.3, 0.4) is 0 Å². The zero-order chi connectivity index (χ0) is 8.39. The van der Waals surface area contributed by atoms with Crippen molar-refractivity contribution in [2.75, 3.05) is 6.79 Å². The largest absolute Gasteiger partial charge is 0.454 e. The van der Waals surface area contributed by atoms with Crippen LogP contribution in [-0.2, 0) is 6.54 Å². The lowest BCUT2D eigenvalue weighted by Crippen LogP contribution is -2.05. The maximum Gasteiger partial charge on any atom is 0.231 e. The first-order chi connectivity index (χ1) is 5.90. The van der Waals surface area contributed by atoms with Gasteiger partial charge in [0.1, 0.15) is 0 Å². The van der Waals surface area contributed by atoms with Crippen LogP contribution < -0.4 is 15.0 Å². The molecule has 0 atom stereocenters. The standard InChI is InChI=1S/C8H9NO3/c10-9-4-6-1-2-7-8(3-6)12-5-11-7/h1-3,9-10H,4-5H2. The summed E-state index contributed by atoms with van der Waals surface area (Å²) in [6, 6.07) is 5.54. The van der Waals surface area contributed by atoms with Crippen LogP contribution in [0.2, 0.25) is 0 Å². The lowest BCUT2D eigenvalue weighted by Gasteiger charge is -2.00. The number of nitrogens with one attached hydrogen (secondary N) is 1. The second-order valence-electron chi connectivity index (χ2n) is 2.52. The Morgan fingerprint density at radius 3 is 3.00 bits per heavy atom. The number of hydrogen-bond donors (Lipinski definition) is 2. The molecule has 0 radical (unpaired) electrons. The van der Waals surface area contributed by atoms with Crippen molar-refractivity contribution in [2.45, 2.75) is 6.54 Å². The molecule has 1 aliphatic heterocycles. The molecular formula is C8H9NO3. The highest BCUT2D eigenvalue weighted by molar-refractivity contribution is 5.44. The number of benzene rings is 1. The number of hydroxylamine groups is 1. The molecule has 1 aromatic carbocycles. The number of rotatable bonds is 2. The van der Waals surface area contributed by atoms with E-state index < -0.39 is 0 Å². The Bertz CT molecular complexity index is 288. The molecule has 1 heterocycles. The molecular weight excluding hydrogens is 158 g/mol. The van der Waals surface area contributed by atoms with Crippen molar-refractivity contribution in [3.05, 3.63) is 23.8 Å². The summed E-state index contributed by atoms with van der Waals surface area (Å²) in [6.07, 6.45) is 0. The van der Waals surface area contributed by atoms with Crippen LogP contribution >= 0.6 is 0 Å². The molecule has 0 aliphatic carbocycles. The molecule has 2 rings (SSSR count). The van der Waals surface area contributed by atoms with Gasteiger partial charge < -0.3 is 14.7 Å². The van der Waals surface area contributed by atoms with E-state index in [9.17, 15) is 0 Å². The molecule has 4 nitrogen and oxygen atoms in total. The zero-order valence-corrected chi connectivity index (χ0v) is 6.41. The van der Waals surface area contributed by atoms with Gasteiger partial charge in [-0.05, 0) is 17.7 Å². The summed E-state index contributed by atoms with van der Waals surface area (Å²) in [5, 5.41) is 8.45. The average molecular weight is 167 g/mol. The summed E-state index contributed by atoms with van der Waals surface area (Å²) in [5.74, 6) is 1.50. The molecule has 1 aromatic rings. The normalized spacial score (nSPS) is 13.4. The number of hydrogen-bond acceptors (Lipinski definition) is 4. The molecule has 12 heavy (non-hydrogen) atoms. The van der Waals surface area contributed by atoms with Crippen molar-refractivity contribution in [3.63, 3.8) is 0 Å². The van der Waals surface area contributed by atoms with Gasteiger partial charge in [-0.25, -0.2) is 5.48 Å². The highest BCUT2D eigenvalue weighted by Crippen LogP contribution is 2.32. The van der Waals surface area contributed by atoms with E-state index in [0.717, 1.165) is 17.1 Å². The average Bonchev–Trinajstić information content (AvgIpc) is 2.51. The minimum Gasteiger partial charge on any atom is -0.454 e. The summed E-state index contributed by atoms with van der Waals surface area (Å²) in [5.41, 5.74) is 3.04. The minimum atomic E-state index is 0.283. The minimum absolute atomic E-state index is 0.283. The first-order valence-corrected chi connectivity index (χ1v) is 3.65. The Kier molecular flexibility index (Phi) is 1.85. The molecule has 0 fully saturated rings. The van der Waals surface area contributed by atoms with E-state index in [1.807, 2.05) is 18.2 Å². The maximum absolute atomic E-state index is 8.45. The van der Waals surface area contributed by atoms with Crippen LogP contribution in [-0.4, -0.2) is 12.0 Å². The monoisotopic (exact) mass is 167 g/mol. The van der Waals surface area contributed by atoms with E-state index in [1.165, 1.54) is 0 Å². The van der Waals surface area contributed by atoms with E-state index in [4.69, 9.17) is 14.7 Å². The molecule has 0 saturated heterocycles.